The molecule has 3 aromatic rings. The molecule has 1 aliphatic heterocycles. The van der Waals surface area contributed by atoms with Crippen LogP contribution in [-0.4, -0.2) is 29.9 Å². The molecule has 6 rings (SSSR count). The van der Waals surface area contributed by atoms with Crippen LogP contribution in [0.5, 0.6) is 11.5 Å². The summed E-state index contributed by atoms with van der Waals surface area (Å²) >= 11 is 3.15. The monoisotopic (exact) mass is 522 g/mol. The summed E-state index contributed by atoms with van der Waals surface area (Å²) < 4.78 is 12.8. The summed E-state index contributed by atoms with van der Waals surface area (Å²) in [7, 11) is 3.30. The van der Waals surface area contributed by atoms with Gasteiger partial charge in [0.1, 0.15) is 6.54 Å². The van der Waals surface area contributed by atoms with Crippen molar-refractivity contribution >= 4 is 34.7 Å². The zero-order chi connectivity index (χ0) is 25.0. The van der Waals surface area contributed by atoms with E-state index in [4.69, 9.17) is 9.47 Å². The second kappa shape index (κ2) is 9.30. The minimum Gasteiger partial charge on any atom is -0.493 e. The number of hydrogen-bond donors (Lipinski definition) is 1. The highest BCUT2D eigenvalue weighted by Gasteiger charge is 2.55. The highest BCUT2D eigenvalue weighted by Crippen LogP contribution is 2.64. The first kappa shape index (κ1) is 23.7. The smallest absolute Gasteiger partial charge is 0.308 e. The van der Waals surface area contributed by atoms with Gasteiger partial charge in [0.25, 0.3) is 0 Å². The standard InChI is InChI=1S/C28H30N2O4S2/c1-15-5-4-6-19(11-15)29-22(31)14-30-27-26(36-28(30)32)24(17-9-10-20(33-2)21(13-17)34-3)23-16-7-8-18(12-16)25(23)35-27/h4-6,9-11,13,16,18,23-25H,7-8,12,14H2,1-3H3,(H,29,31)/t16?,18?,23?,24-,25?/m1/s1. The van der Waals surface area contributed by atoms with E-state index in [1.165, 1.54) is 30.6 Å². The molecule has 1 aromatic heterocycles. The van der Waals surface area contributed by atoms with Crippen LogP contribution < -0.4 is 19.7 Å². The molecule has 0 radical (unpaired) electrons. The second-order valence-electron chi connectivity index (χ2n) is 10.1. The zero-order valence-corrected chi connectivity index (χ0v) is 22.3. The lowest BCUT2D eigenvalue weighted by Gasteiger charge is -2.40. The molecule has 1 N–H and O–H groups in total. The molecule has 5 atom stereocenters. The number of amides is 1. The number of fused-ring (bicyclic) bond motifs is 6. The average molecular weight is 523 g/mol. The topological polar surface area (TPSA) is 69.6 Å². The highest BCUT2D eigenvalue weighted by atomic mass is 32.2. The zero-order valence-electron chi connectivity index (χ0n) is 20.7. The van der Waals surface area contributed by atoms with E-state index in [1.807, 2.05) is 49.0 Å². The maximum absolute atomic E-state index is 13.3. The van der Waals surface area contributed by atoms with Crippen molar-refractivity contribution in [1.82, 2.24) is 4.57 Å². The number of carbonyl (C=O) groups excluding carboxylic acids is 1. The molecule has 2 bridgehead atoms. The number of hydrogen-bond acceptors (Lipinski definition) is 6. The fraction of sp³-hybridized carbons (Fsp3) is 0.429. The van der Waals surface area contributed by atoms with E-state index in [-0.39, 0.29) is 23.2 Å². The lowest BCUT2D eigenvalue weighted by Crippen LogP contribution is -2.34. The largest absolute Gasteiger partial charge is 0.493 e. The summed E-state index contributed by atoms with van der Waals surface area (Å²) in [5.41, 5.74) is 2.99. The number of ether oxygens (including phenoxy) is 2. The number of rotatable bonds is 6. The van der Waals surface area contributed by atoms with Crippen LogP contribution in [0.1, 0.15) is 41.2 Å². The van der Waals surface area contributed by atoms with E-state index in [2.05, 4.69) is 17.4 Å². The number of aryl methyl sites for hydroxylation is 1. The van der Waals surface area contributed by atoms with Crippen molar-refractivity contribution in [2.24, 2.45) is 17.8 Å². The van der Waals surface area contributed by atoms with Crippen LogP contribution in [0.15, 0.2) is 52.3 Å². The number of aromatic nitrogens is 1. The number of anilines is 1. The normalized spacial score (nSPS) is 25.8. The molecule has 2 fully saturated rings. The molecule has 0 saturated heterocycles. The number of nitrogens with one attached hydrogen (secondary N) is 1. The van der Waals surface area contributed by atoms with Crippen molar-refractivity contribution < 1.29 is 14.3 Å². The van der Waals surface area contributed by atoms with Crippen molar-refractivity contribution in [3.8, 4) is 11.5 Å². The maximum Gasteiger partial charge on any atom is 0.308 e. The van der Waals surface area contributed by atoms with Gasteiger partial charge in [0.2, 0.25) is 5.91 Å². The Kier molecular flexibility index (Phi) is 6.12. The van der Waals surface area contributed by atoms with Gasteiger partial charge in [-0.15, -0.1) is 11.8 Å². The van der Waals surface area contributed by atoms with Crippen molar-refractivity contribution in [2.75, 3.05) is 19.5 Å². The molecule has 2 heterocycles. The summed E-state index contributed by atoms with van der Waals surface area (Å²) in [5, 5.41) is 4.40. The molecule has 36 heavy (non-hydrogen) atoms. The van der Waals surface area contributed by atoms with E-state index < -0.39 is 0 Å². The van der Waals surface area contributed by atoms with Crippen LogP contribution in [0.2, 0.25) is 0 Å². The molecule has 2 aliphatic carbocycles. The molecule has 2 saturated carbocycles. The third-order valence-corrected chi connectivity index (χ3v) is 10.9. The van der Waals surface area contributed by atoms with Gasteiger partial charge in [-0.1, -0.05) is 29.5 Å². The number of thiazole rings is 1. The van der Waals surface area contributed by atoms with Crippen molar-refractivity contribution in [3.05, 3.63) is 68.1 Å². The highest BCUT2D eigenvalue weighted by molar-refractivity contribution is 8.00. The Morgan fingerprint density at radius 1 is 1.08 bits per heavy atom. The summed E-state index contributed by atoms with van der Waals surface area (Å²) in [5.74, 6) is 3.20. The quantitative estimate of drug-likeness (QED) is 0.461. The number of methoxy groups -OCH3 is 2. The van der Waals surface area contributed by atoms with Gasteiger partial charge in [-0.3, -0.25) is 14.2 Å². The number of nitrogens with zero attached hydrogens (tertiary/aromatic N) is 1. The van der Waals surface area contributed by atoms with Crippen LogP contribution in [0, 0.1) is 24.7 Å². The first-order chi connectivity index (χ1) is 17.5. The van der Waals surface area contributed by atoms with Gasteiger partial charge in [0.05, 0.1) is 19.2 Å². The van der Waals surface area contributed by atoms with E-state index in [1.54, 1.807) is 18.8 Å². The van der Waals surface area contributed by atoms with Crippen molar-refractivity contribution in [3.63, 3.8) is 0 Å². The van der Waals surface area contributed by atoms with E-state index in [9.17, 15) is 9.59 Å². The Morgan fingerprint density at radius 3 is 2.67 bits per heavy atom. The van der Waals surface area contributed by atoms with Crippen molar-refractivity contribution in [1.29, 1.82) is 0 Å². The molecule has 1 amide bonds. The summed E-state index contributed by atoms with van der Waals surface area (Å²) in [4.78, 5) is 27.3. The van der Waals surface area contributed by atoms with Crippen LogP contribution in [0.4, 0.5) is 5.69 Å². The number of carbonyl (C=O) groups is 1. The van der Waals surface area contributed by atoms with Gasteiger partial charge < -0.3 is 14.8 Å². The average Bonchev–Trinajstić information content (AvgIpc) is 3.56. The molecule has 3 aliphatic rings. The predicted molar refractivity (Wildman–Crippen MR) is 144 cm³/mol. The van der Waals surface area contributed by atoms with Crippen molar-refractivity contribution in [2.45, 2.75) is 48.9 Å². The minimum absolute atomic E-state index is 0.0236. The maximum atomic E-state index is 13.3. The van der Waals surface area contributed by atoms with Crippen LogP contribution in [0.25, 0.3) is 0 Å². The molecule has 8 heteroatoms. The van der Waals surface area contributed by atoms with E-state index >= 15 is 0 Å². The van der Waals surface area contributed by atoms with Crippen LogP contribution in [0.3, 0.4) is 0 Å². The third kappa shape index (κ3) is 3.95. The molecule has 0 spiro atoms. The van der Waals surface area contributed by atoms with Crippen LogP contribution in [-0.2, 0) is 11.3 Å². The minimum atomic E-state index is -0.179. The number of benzene rings is 2. The second-order valence-corrected chi connectivity index (χ2v) is 12.3. The molecule has 6 nitrogen and oxygen atoms in total. The first-order valence-electron chi connectivity index (χ1n) is 12.5. The number of thioether (sulfide) groups is 1. The Balaban J connectivity index is 1.38. The molecular formula is C28H30N2O4S2. The molecule has 2 aromatic carbocycles. The predicted octanol–water partition coefficient (Wildman–Crippen LogP) is 5.53. The fourth-order valence-electron chi connectivity index (χ4n) is 6.57. The summed E-state index contributed by atoms with van der Waals surface area (Å²) in [6.07, 6.45) is 3.79. The summed E-state index contributed by atoms with van der Waals surface area (Å²) in [6, 6.07) is 13.9. The molecular weight excluding hydrogens is 492 g/mol. The van der Waals surface area contributed by atoms with Gasteiger partial charge in [0, 0.05) is 21.7 Å². The van der Waals surface area contributed by atoms with E-state index in [0.717, 1.165) is 26.7 Å². The van der Waals surface area contributed by atoms with Gasteiger partial charge in [-0.2, -0.15) is 0 Å². The lowest BCUT2D eigenvalue weighted by molar-refractivity contribution is -0.116. The van der Waals surface area contributed by atoms with Gasteiger partial charge in [-0.05, 0) is 79.3 Å². The summed E-state index contributed by atoms with van der Waals surface area (Å²) in [6.45, 7) is 2.02. The third-order valence-electron chi connectivity index (χ3n) is 8.06. The van der Waals surface area contributed by atoms with Crippen LogP contribution >= 0.6 is 23.1 Å². The fourth-order valence-corrected chi connectivity index (χ4v) is 9.72. The van der Waals surface area contributed by atoms with Gasteiger partial charge in [-0.25, -0.2) is 0 Å². The Labute approximate surface area is 219 Å². The molecule has 4 unspecified atom stereocenters. The molecule has 188 valence electrons. The van der Waals surface area contributed by atoms with Gasteiger partial charge >= 0.3 is 4.87 Å². The Bertz CT molecular complexity index is 1380. The SMILES string of the molecule is COc1ccc([C@H]2c3sc(=O)n(CC(=O)Nc4cccc(C)c4)c3SC3C4CCC(C4)C32)cc1OC. The first-order valence-corrected chi connectivity index (χ1v) is 14.1. The Hall–Kier alpha value is -2.71. The van der Waals surface area contributed by atoms with Gasteiger partial charge in [0.15, 0.2) is 11.5 Å². The Morgan fingerprint density at radius 2 is 1.89 bits per heavy atom. The lowest BCUT2D eigenvalue weighted by atomic mass is 9.75. The van der Waals surface area contributed by atoms with E-state index in [0.29, 0.717) is 34.5 Å².